The van der Waals surface area contributed by atoms with Gasteiger partial charge in [-0.25, -0.2) is 33.3 Å². The number of anilines is 4. The summed E-state index contributed by atoms with van der Waals surface area (Å²) < 4.78 is 46.1. The Morgan fingerprint density at radius 3 is 1.55 bits per heavy atom. The lowest BCUT2D eigenvalue weighted by Gasteiger charge is -2.42. The second-order valence-electron chi connectivity index (χ2n) is 19.3. The smallest absolute Gasteiger partial charge is 0.413 e. The Labute approximate surface area is 486 Å². The number of nitrogens with two attached hydrogens (primary N) is 2. The van der Waals surface area contributed by atoms with E-state index in [1.807, 2.05) is 0 Å². The number of pyridine rings is 4. The van der Waals surface area contributed by atoms with Crippen molar-refractivity contribution < 1.29 is 47.2 Å². The van der Waals surface area contributed by atoms with Crippen LogP contribution in [0.1, 0.15) is 88.5 Å². The number of nitrogens with zero attached hydrogens (tertiary/aromatic N) is 4. The van der Waals surface area contributed by atoms with E-state index in [4.69, 9.17) is 112 Å². The molecule has 0 spiro atoms. The average molecular weight is 1230 g/mol. The first-order valence-corrected chi connectivity index (χ1v) is 25.6. The number of carbonyl (C=O) groups is 3. The van der Waals surface area contributed by atoms with E-state index in [0.29, 0.717) is 36.9 Å². The number of nitrogens with one attached hydrogen (secondary N) is 3. The van der Waals surface area contributed by atoms with Crippen LogP contribution in [-0.2, 0) is 14.3 Å². The number of benzene rings is 2. The molecule has 8 N–H and O–H groups in total. The maximum absolute atomic E-state index is 13.8. The lowest BCUT2D eigenvalue weighted by molar-refractivity contribution is -0.120. The third-order valence-electron chi connectivity index (χ3n) is 9.06. The highest BCUT2D eigenvalue weighted by Crippen LogP contribution is 2.36. The molecule has 2 aromatic carbocycles. The summed E-state index contributed by atoms with van der Waals surface area (Å²) in [6.45, 7) is 19.9. The second kappa shape index (κ2) is 31.6. The van der Waals surface area contributed by atoms with Gasteiger partial charge in [-0.2, -0.15) is 0 Å². The highest BCUT2D eigenvalue weighted by molar-refractivity contribution is 6.44. The highest BCUT2D eigenvalue weighted by atomic mass is 35.5. The van der Waals surface area contributed by atoms with Crippen molar-refractivity contribution in [1.29, 1.82) is 0 Å². The summed E-state index contributed by atoms with van der Waals surface area (Å²) in [6.07, 6.45) is 9.96. The van der Waals surface area contributed by atoms with Crippen molar-refractivity contribution in [2.45, 2.75) is 111 Å². The normalized spacial score (nSPS) is 12.9. The summed E-state index contributed by atoms with van der Waals surface area (Å²) in [7, 11) is 0. The number of phenols is 1. The van der Waals surface area contributed by atoms with Crippen LogP contribution in [0.25, 0.3) is 0 Å². The van der Waals surface area contributed by atoms with Gasteiger partial charge in [0.15, 0.2) is 40.5 Å². The van der Waals surface area contributed by atoms with Crippen LogP contribution < -0.4 is 36.9 Å². The largest absolute Gasteiger partial charge is 0.505 e. The van der Waals surface area contributed by atoms with Gasteiger partial charge in [-0.1, -0.05) is 81.2 Å². The minimum Gasteiger partial charge on any atom is -0.505 e. The third-order valence-corrected chi connectivity index (χ3v) is 11.7. The number of phenolic OH excluding ortho intramolecular Hbond substituents is 1. The van der Waals surface area contributed by atoms with Gasteiger partial charge in [0, 0.05) is 71.6 Å². The molecule has 26 heteroatoms. The lowest BCUT2D eigenvalue weighted by atomic mass is 9.83. The molecule has 0 atom stereocenters. The Bertz CT molecular complexity index is 2900. The number of amides is 2. The maximum Gasteiger partial charge on any atom is 0.413 e. The molecule has 0 unspecified atom stereocenters. The minimum absolute atomic E-state index is 0.0135. The van der Waals surface area contributed by atoms with Gasteiger partial charge in [-0.05, 0) is 131 Å². The summed E-state index contributed by atoms with van der Waals surface area (Å²) >= 11 is 40.0. The first kappa shape index (κ1) is 68.2. The fraction of sp³-hybridized carbons (Fsp3) is 0.327. The highest BCUT2D eigenvalue weighted by Gasteiger charge is 2.31. The monoisotopic (exact) mass is 1220 g/mol. The summed E-state index contributed by atoms with van der Waals surface area (Å²) in [5.41, 5.74) is 10.7. The second-order valence-corrected chi connectivity index (χ2v) is 22.1. The molecule has 6 aromatic rings. The van der Waals surface area contributed by atoms with Crippen molar-refractivity contribution in [3.8, 4) is 23.1 Å². The fourth-order valence-corrected chi connectivity index (χ4v) is 7.06. The third kappa shape index (κ3) is 26.6. The molecule has 1 fully saturated rings. The van der Waals surface area contributed by atoms with E-state index in [1.54, 1.807) is 53.8 Å². The standard InChI is InChI=1S/C16H17ClFN3O3.C10H12Cl2N2O2.C9H19N.C6H3Cl2NO2.C6H6FNO.C5H3Cl2N/c1-16(2,3)24-15(22)21-14-13(17)12(6-7-20-14)23-11-5-4-9(19)8-10(11)18;1-10(2,3)16-9(15)14-8-7(12)6(11)4-5-13-8;1-8(2)6-5-7-9(3,4)10-8;7-4-1-2-9-6(5(4)8)11-3-10;7-5-3-4(8)1-2-6(5)9;6-4-1-2-8-3-5(4)7/h4-8H,19H2,1-3H3,(H,20,21,22);4-5H,1-3H3,(H,13,14,15);10H,5-7H2,1-4H3;1-3H;1-3,9H,8H2;1-3H. The SMILES string of the molecule is CC(C)(C)OC(=O)Nc1nccc(Cl)c1Cl.CC(C)(C)OC(=O)Nc1nccc(Oc2ccc(N)cc2F)c1Cl.CC1(C)CCCC(C)(C)N1.Clc1ccncc1Cl.Nc1ccc(O)c(F)c1.O=COc1nccc(Cl)c1Cl. The van der Waals surface area contributed by atoms with E-state index in [-0.39, 0.29) is 62.0 Å². The van der Waals surface area contributed by atoms with Gasteiger partial charge >= 0.3 is 12.2 Å². The van der Waals surface area contributed by atoms with Gasteiger partial charge in [0.2, 0.25) is 5.88 Å². The summed E-state index contributed by atoms with van der Waals surface area (Å²) in [4.78, 5) is 48.3. The molecule has 1 aliphatic rings. The van der Waals surface area contributed by atoms with Crippen LogP contribution in [0.5, 0.6) is 23.1 Å². The Kier molecular flexibility index (Phi) is 27.7. The molecule has 2 amide bonds. The van der Waals surface area contributed by atoms with Crippen molar-refractivity contribution in [2.24, 2.45) is 0 Å². The number of aromatic hydroxyl groups is 1. The molecule has 4 aromatic heterocycles. The predicted octanol–water partition coefficient (Wildman–Crippen LogP) is 16.1. The number of rotatable bonds is 6. The lowest BCUT2D eigenvalue weighted by Crippen LogP contribution is -2.55. The molecular weight excluding hydrogens is 1160 g/mol. The van der Waals surface area contributed by atoms with Gasteiger partial charge in [0.05, 0.1) is 20.1 Å². The molecule has 424 valence electrons. The zero-order valence-corrected chi connectivity index (χ0v) is 49.3. The van der Waals surface area contributed by atoms with Gasteiger partial charge in [-0.15, -0.1) is 0 Å². The van der Waals surface area contributed by atoms with E-state index in [1.165, 1.54) is 86.5 Å². The van der Waals surface area contributed by atoms with Gasteiger partial charge in [0.25, 0.3) is 6.47 Å². The number of piperidine rings is 1. The van der Waals surface area contributed by atoms with Crippen LogP contribution >= 0.6 is 81.2 Å². The van der Waals surface area contributed by atoms with Gasteiger partial charge < -0.3 is 40.8 Å². The van der Waals surface area contributed by atoms with E-state index < -0.39 is 35.0 Å². The van der Waals surface area contributed by atoms with Crippen LogP contribution in [0, 0.1) is 11.6 Å². The maximum atomic E-state index is 13.8. The van der Waals surface area contributed by atoms with Gasteiger partial charge in [0.1, 0.15) is 26.3 Å². The van der Waals surface area contributed by atoms with Gasteiger partial charge in [-0.3, -0.25) is 20.4 Å². The number of hydrogen-bond donors (Lipinski definition) is 6. The van der Waals surface area contributed by atoms with Crippen LogP contribution in [0.4, 0.5) is 41.4 Å². The molecular formula is C52H60Cl7F2N9O8. The van der Waals surface area contributed by atoms with Crippen molar-refractivity contribution in [3.63, 3.8) is 0 Å². The Balaban J connectivity index is 0.000000336. The van der Waals surface area contributed by atoms with Crippen LogP contribution in [0.3, 0.4) is 0 Å². The molecule has 1 aliphatic heterocycles. The molecule has 0 aliphatic carbocycles. The Hall–Kier alpha value is -5.90. The van der Waals surface area contributed by atoms with Crippen LogP contribution in [0.2, 0.25) is 35.2 Å². The van der Waals surface area contributed by atoms with E-state index in [2.05, 4.69) is 68.3 Å². The molecule has 78 heavy (non-hydrogen) atoms. The predicted molar refractivity (Wildman–Crippen MR) is 307 cm³/mol. The van der Waals surface area contributed by atoms with Crippen LogP contribution in [-0.4, -0.2) is 66.0 Å². The Morgan fingerprint density at radius 1 is 0.641 bits per heavy atom. The Morgan fingerprint density at radius 2 is 1.12 bits per heavy atom. The topological polar surface area (TPSA) is 248 Å². The molecule has 7 rings (SSSR count). The number of halogens is 9. The summed E-state index contributed by atoms with van der Waals surface area (Å²) in [6, 6.07) is 13.8. The van der Waals surface area contributed by atoms with E-state index in [9.17, 15) is 23.2 Å². The zero-order valence-electron chi connectivity index (χ0n) is 44.0. The zero-order chi connectivity index (χ0) is 59.2. The number of carbonyl (C=O) groups excluding carboxylic acids is 3. The van der Waals surface area contributed by atoms with Crippen molar-refractivity contribution in [2.75, 3.05) is 22.1 Å². The number of ether oxygens (including phenoxy) is 4. The molecule has 0 radical (unpaired) electrons. The summed E-state index contributed by atoms with van der Waals surface area (Å²) in [5, 5.41) is 19.1. The number of nitrogen functional groups attached to an aromatic ring is 2. The first-order chi connectivity index (χ1) is 36.1. The molecule has 5 heterocycles. The minimum atomic E-state index is -0.715. The fourth-order valence-electron chi connectivity index (χ4n) is 6.04. The van der Waals surface area contributed by atoms with E-state index in [0.717, 1.165) is 12.1 Å². The summed E-state index contributed by atoms with van der Waals surface area (Å²) in [5.74, 6) is -1.37. The van der Waals surface area contributed by atoms with Crippen molar-refractivity contribution in [1.82, 2.24) is 25.3 Å². The molecule has 17 nitrogen and oxygen atoms in total. The molecule has 0 bridgehead atoms. The van der Waals surface area contributed by atoms with Crippen LogP contribution in [0.15, 0.2) is 91.6 Å². The molecule has 1 saturated heterocycles. The first-order valence-electron chi connectivity index (χ1n) is 23.0. The number of hydrogen-bond acceptors (Lipinski definition) is 15. The van der Waals surface area contributed by atoms with Crippen molar-refractivity contribution in [3.05, 3.63) is 138 Å². The quantitative estimate of drug-likeness (QED) is 0.0516. The number of aromatic nitrogens is 4. The molecule has 0 saturated carbocycles. The van der Waals surface area contributed by atoms with E-state index >= 15 is 0 Å². The van der Waals surface area contributed by atoms with Crippen molar-refractivity contribution >= 4 is 123 Å². The average Bonchev–Trinajstić information content (AvgIpc) is 3.30.